The Hall–Kier alpha value is -1.32. The monoisotopic (exact) mass is 374 g/mol. The number of amides is 2. The number of carboxylic acids is 1. The highest BCUT2D eigenvalue weighted by atomic mass is 32.2. The van der Waals surface area contributed by atoms with Gasteiger partial charge in [0.25, 0.3) is 0 Å². The minimum Gasteiger partial charge on any atom is -0.480 e. The fourth-order valence-electron chi connectivity index (χ4n) is 2.71. The molecule has 0 spiro atoms. The maximum absolute atomic E-state index is 12.5. The Morgan fingerprint density at radius 2 is 2.00 bits per heavy atom. The molecule has 8 nitrogen and oxygen atoms in total. The third kappa shape index (κ3) is 8.06. The standard InChI is InChI=1S/C16H30N4O4S/c1-25-10-7-13(16(23)24)20-15(22)12(5-2-3-8-17)19-14(21)11-6-4-9-18-11/h11-13,18H,2-10,17H2,1H3,(H,19,21)(H,20,22)(H,23,24). The van der Waals surface area contributed by atoms with Crippen LogP contribution in [0.15, 0.2) is 0 Å². The van der Waals surface area contributed by atoms with Gasteiger partial charge in [-0.2, -0.15) is 11.8 Å². The van der Waals surface area contributed by atoms with Crippen molar-refractivity contribution in [2.45, 2.75) is 56.7 Å². The average Bonchev–Trinajstić information content (AvgIpc) is 3.12. The first-order valence-corrected chi connectivity index (χ1v) is 10.1. The molecule has 144 valence electrons. The van der Waals surface area contributed by atoms with Crippen molar-refractivity contribution in [2.75, 3.05) is 25.1 Å². The number of carbonyl (C=O) groups is 3. The number of rotatable bonds is 12. The van der Waals surface area contributed by atoms with Gasteiger partial charge in [-0.3, -0.25) is 9.59 Å². The smallest absolute Gasteiger partial charge is 0.326 e. The highest BCUT2D eigenvalue weighted by molar-refractivity contribution is 7.98. The van der Waals surface area contributed by atoms with E-state index in [1.807, 2.05) is 6.26 Å². The summed E-state index contributed by atoms with van der Waals surface area (Å²) in [6.45, 7) is 1.30. The topological polar surface area (TPSA) is 134 Å². The normalized spacial score (nSPS) is 19.2. The Bertz CT molecular complexity index is 444. The van der Waals surface area contributed by atoms with Crippen molar-refractivity contribution in [3.8, 4) is 0 Å². The maximum atomic E-state index is 12.5. The van der Waals surface area contributed by atoms with Crippen molar-refractivity contribution in [1.82, 2.24) is 16.0 Å². The van der Waals surface area contributed by atoms with Gasteiger partial charge in [-0.1, -0.05) is 0 Å². The van der Waals surface area contributed by atoms with Gasteiger partial charge in [0.1, 0.15) is 12.1 Å². The number of carboxylic acid groups (broad SMARTS) is 1. The zero-order valence-electron chi connectivity index (χ0n) is 14.8. The number of carbonyl (C=O) groups excluding carboxylic acids is 2. The van der Waals surface area contributed by atoms with E-state index in [9.17, 15) is 19.5 Å². The van der Waals surface area contributed by atoms with E-state index in [0.29, 0.717) is 31.6 Å². The number of hydrogen-bond acceptors (Lipinski definition) is 6. The minimum atomic E-state index is -1.06. The van der Waals surface area contributed by atoms with E-state index in [-0.39, 0.29) is 11.9 Å². The van der Waals surface area contributed by atoms with Gasteiger partial charge >= 0.3 is 5.97 Å². The highest BCUT2D eigenvalue weighted by Gasteiger charge is 2.29. The van der Waals surface area contributed by atoms with Crippen LogP contribution < -0.4 is 21.7 Å². The van der Waals surface area contributed by atoms with Gasteiger partial charge in [0.2, 0.25) is 11.8 Å². The van der Waals surface area contributed by atoms with Crippen LogP contribution in [0.4, 0.5) is 0 Å². The third-order valence-electron chi connectivity index (χ3n) is 4.18. The Balaban J connectivity index is 2.65. The first-order chi connectivity index (χ1) is 12.0. The van der Waals surface area contributed by atoms with Crippen LogP contribution in [0.25, 0.3) is 0 Å². The van der Waals surface area contributed by atoms with Gasteiger partial charge in [0, 0.05) is 0 Å². The number of nitrogens with two attached hydrogens (primary N) is 1. The number of nitrogens with one attached hydrogen (secondary N) is 3. The van der Waals surface area contributed by atoms with Crippen LogP contribution in [0.5, 0.6) is 0 Å². The molecule has 0 saturated carbocycles. The van der Waals surface area contributed by atoms with Crippen molar-refractivity contribution in [3.05, 3.63) is 0 Å². The van der Waals surface area contributed by atoms with Crippen molar-refractivity contribution in [3.63, 3.8) is 0 Å². The highest BCUT2D eigenvalue weighted by Crippen LogP contribution is 2.08. The van der Waals surface area contributed by atoms with Crippen molar-refractivity contribution < 1.29 is 19.5 Å². The molecule has 3 atom stereocenters. The molecule has 9 heteroatoms. The van der Waals surface area contributed by atoms with Crippen molar-refractivity contribution >= 4 is 29.5 Å². The van der Waals surface area contributed by atoms with E-state index in [2.05, 4.69) is 16.0 Å². The number of thioether (sulfide) groups is 1. The summed E-state index contributed by atoms with van der Waals surface area (Å²) in [5, 5.41) is 17.7. The molecule has 1 saturated heterocycles. The van der Waals surface area contributed by atoms with Crippen LogP contribution in [-0.2, 0) is 14.4 Å². The molecular weight excluding hydrogens is 344 g/mol. The molecule has 1 heterocycles. The molecule has 6 N–H and O–H groups in total. The quantitative estimate of drug-likeness (QED) is 0.295. The van der Waals surface area contributed by atoms with E-state index < -0.39 is 24.0 Å². The van der Waals surface area contributed by atoms with Gasteiger partial charge in [-0.25, -0.2) is 4.79 Å². The second kappa shape index (κ2) is 12.1. The molecule has 0 aromatic heterocycles. The van der Waals surface area contributed by atoms with Crippen LogP contribution in [0.2, 0.25) is 0 Å². The second-order valence-electron chi connectivity index (χ2n) is 6.18. The number of hydrogen-bond donors (Lipinski definition) is 5. The number of aliphatic carboxylic acids is 1. The molecule has 2 amide bonds. The molecule has 3 unspecified atom stereocenters. The largest absolute Gasteiger partial charge is 0.480 e. The summed E-state index contributed by atoms with van der Waals surface area (Å²) < 4.78 is 0. The molecular formula is C16H30N4O4S. The van der Waals surface area contributed by atoms with Gasteiger partial charge in [0.05, 0.1) is 6.04 Å². The number of unbranched alkanes of at least 4 members (excludes halogenated alkanes) is 1. The molecule has 1 fully saturated rings. The van der Waals surface area contributed by atoms with Gasteiger partial charge in [-0.15, -0.1) is 0 Å². The van der Waals surface area contributed by atoms with Gasteiger partial charge in [-0.05, 0) is 63.6 Å². The second-order valence-corrected chi connectivity index (χ2v) is 7.16. The third-order valence-corrected chi connectivity index (χ3v) is 4.83. The molecule has 25 heavy (non-hydrogen) atoms. The lowest BCUT2D eigenvalue weighted by molar-refractivity contribution is -0.142. The first kappa shape index (κ1) is 21.7. The van der Waals surface area contributed by atoms with E-state index in [0.717, 1.165) is 25.8 Å². The molecule has 1 aliphatic rings. The molecule has 0 aliphatic carbocycles. The lowest BCUT2D eigenvalue weighted by Crippen LogP contribution is -2.54. The molecule has 0 aromatic carbocycles. The van der Waals surface area contributed by atoms with E-state index in [1.165, 1.54) is 11.8 Å². The molecule has 0 bridgehead atoms. The Labute approximate surface area is 153 Å². The fraction of sp³-hybridized carbons (Fsp3) is 0.812. The zero-order valence-corrected chi connectivity index (χ0v) is 15.6. The van der Waals surface area contributed by atoms with Crippen LogP contribution in [0.1, 0.15) is 38.5 Å². The van der Waals surface area contributed by atoms with Crippen LogP contribution in [-0.4, -0.2) is 66.1 Å². The Kier molecular flexibility index (Phi) is 10.5. The Morgan fingerprint density at radius 3 is 2.56 bits per heavy atom. The van der Waals surface area contributed by atoms with E-state index >= 15 is 0 Å². The van der Waals surface area contributed by atoms with Gasteiger partial charge < -0.3 is 26.8 Å². The summed E-state index contributed by atoms with van der Waals surface area (Å²) in [5.41, 5.74) is 5.49. The average molecular weight is 375 g/mol. The molecule has 0 aromatic rings. The lowest BCUT2D eigenvalue weighted by atomic mass is 10.1. The molecule has 1 rings (SSSR count). The SMILES string of the molecule is CSCCC(NC(=O)C(CCCCN)NC(=O)C1CCCN1)C(=O)O. The molecule has 0 radical (unpaired) electrons. The summed E-state index contributed by atoms with van der Waals surface area (Å²) in [6.07, 6.45) is 5.77. The summed E-state index contributed by atoms with van der Waals surface area (Å²) in [6, 6.07) is -1.97. The van der Waals surface area contributed by atoms with E-state index in [4.69, 9.17) is 5.73 Å². The Morgan fingerprint density at radius 1 is 1.24 bits per heavy atom. The summed E-state index contributed by atoms with van der Waals surface area (Å²) in [7, 11) is 0. The first-order valence-electron chi connectivity index (χ1n) is 8.75. The summed E-state index contributed by atoms with van der Waals surface area (Å²) >= 11 is 1.52. The maximum Gasteiger partial charge on any atom is 0.326 e. The fourth-order valence-corrected chi connectivity index (χ4v) is 3.18. The predicted octanol–water partition coefficient (Wildman–Crippen LogP) is -0.325. The molecule has 1 aliphatic heterocycles. The van der Waals surface area contributed by atoms with Crippen LogP contribution >= 0.6 is 11.8 Å². The lowest BCUT2D eigenvalue weighted by Gasteiger charge is -2.23. The minimum absolute atomic E-state index is 0.207. The zero-order chi connectivity index (χ0) is 18.7. The summed E-state index contributed by atoms with van der Waals surface area (Å²) in [5.74, 6) is -1.09. The van der Waals surface area contributed by atoms with Gasteiger partial charge in [0.15, 0.2) is 0 Å². The van der Waals surface area contributed by atoms with Crippen LogP contribution in [0, 0.1) is 0 Å². The predicted molar refractivity (Wildman–Crippen MR) is 98.4 cm³/mol. The van der Waals surface area contributed by atoms with Crippen LogP contribution in [0.3, 0.4) is 0 Å². The summed E-state index contributed by atoms with van der Waals surface area (Å²) in [4.78, 5) is 36.1. The van der Waals surface area contributed by atoms with Crippen molar-refractivity contribution in [2.24, 2.45) is 5.73 Å². The van der Waals surface area contributed by atoms with Crippen molar-refractivity contribution in [1.29, 1.82) is 0 Å². The van der Waals surface area contributed by atoms with E-state index in [1.54, 1.807) is 0 Å².